The van der Waals surface area contributed by atoms with E-state index in [1.165, 1.54) is 0 Å². The maximum Gasteiger partial charge on any atom is 0.243 e. The van der Waals surface area contributed by atoms with Gasteiger partial charge < -0.3 is 0 Å². The average molecular weight is 309 g/mol. The molecule has 3 nitrogen and oxygen atoms in total. The van der Waals surface area contributed by atoms with Crippen LogP contribution < -0.4 is 0 Å². The zero-order valence-electron chi connectivity index (χ0n) is 13.9. The van der Waals surface area contributed by atoms with Crippen molar-refractivity contribution in [3.8, 4) is 0 Å². The predicted molar refractivity (Wildman–Crippen MR) is 87.2 cm³/mol. The second-order valence-electron chi connectivity index (χ2n) is 7.13. The highest BCUT2D eigenvalue weighted by molar-refractivity contribution is 7.89. The van der Waals surface area contributed by atoms with Crippen LogP contribution in [0, 0.1) is 13.8 Å². The molecule has 0 spiro atoms. The third kappa shape index (κ3) is 3.32. The standard InChI is InChI=1S/C17H27NO2S/c1-13-11-15(17(3,4)5)12-16(14(13)2)21(19,20)18-9-7-6-8-10-18/h11-12H,6-10H2,1-5H3. The molecule has 0 atom stereocenters. The molecule has 0 amide bonds. The number of rotatable bonds is 2. The van der Waals surface area contributed by atoms with Gasteiger partial charge in [0, 0.05) is 13.1 Å². The molecule has 118 valence electrons. The van der Waals surface area contributed by atoms with Crippen LogP contribution in [0.3, 0.4) is 0 Å². The van der Waals surface area contributed by atoms with Gasteiger partial charge in [-0.15, -0.1) is 0 Å². The summed E-state index contributed by atoms with van der Waals surface area (Å²) < 4.78 is 27.6. The predicted octanol–water partition coefficient (Wildman–Crippen LogP) is 3.78. The molecule has 0 bridgehead atoms. The van der Waals surface area contributed by atoms with Gasteiger partial charge in [-0.1, -0.05) is 33.3 Å². The smallest absolute Gasteiger partial charge is 0.207 e. The molecular weight excluding hydrogens is 282 g/mol. The molecule has 2 rings (SSSR count). The first-order chi connectivity index (χ1) is 9.64. The SMILES string of the molecule is Cc1cc(C(C)(C)C)cc(S(=O)(=O)N2CCCCC2)c1C. The van der Waals surface area contributed by atoms with E-state index in [1.54, 1.807) is 4.31 Å². The van der Waals surface area contributed by atoms with Crippen LogP contribution in [0.4, 0.5) is 0 Å². The molecule has 1 fully saturated rings. The van der Waals surface area contributed by atoms with E-state index in [0.29, 0.717) is 18.0 Å². The van der Waals surface area contributed by atoms with Crippen molar-refractivity contribution in [1.29, 1.82) is 0 Å². The third-order valence-corrected chi connectivity index (χ3v) is 6.44. The van der Waals surface area contributed by atoms with Gasteiger partial charge in [-0.3, -0.25) is 0 Å². The van der Waals surface area contributed by atoms with Gasteiger partial charge in [0.25, 0.3) is 0 Å². The van der Waals surface area contributed by atoms with Gasteiger partial charge >= 0.3 is 0 Å². The quantitative estimate of drug-likeness (QED) is 0.834. The van der Waals surface area contributed by atoms with Crippen molar-refractivity contribution in [2.45, 2.75) is 64.2 Å². The van der Waals surface area contributed by atoms with Crippen LogP contribution in [0.1, 0.15) is 56.7 Å². The van der Waals surface area contributed by atoms with E-state index < -0.39 is 10.0 Å². The first kappa shape index (κ1) is 16.5. The van der Waals surface area contributed by atoms with Crippen LogP contribution in [-0.2, 0) is 15.4 Å². The Bertz CT molecular complexity index is 621. The summed E-state index contributed by atoms with van der Waals surface area (Å²) >= 11 is 0. The number of hydrogen-bond acceptors (Lipinski definition) is 2. The average Bonchev–Trinajstić information content (AvgIpc) is 2.41. The Morgan fingerprint density at radius 2 is 1.57 bits per heavy atom. The minimum atomic E-state index is -3.36. The molecule has 1 aliphatic rings. The maximum atomic E-state index is 13.0. The fraction of sp³-hybridized carbons (Fsp3) is 0.647. The lowest BCUT2D eigenvalue weighted by Crippen LogP contribution is -2.36. The molecule has 0 radical (unpaired) electrons. The Kier molecular flexibility index (Phi) is 4.50. The number of piperidine rings is 1. The van der Waals surface area contributed by atoms with Gasteiger partial charge in [-0.25, -0.2) is 8.42 Å². The first-order valence-corrected chi connectivity index (χ1v) is 9.20. The molecule has 0 unspecified atom stereocenters. The molecule has 0 aromatic heterocycles. The van der Waals surface area contributed by atoms with Gasteiger partial charge in [0.2, 0.25) is 10.0 Å². The molecule has 21 heavy (non-hydrogen) atoms. The molecule has 1 aliphatic heterocycles. The minimum Gasteiger partial charge on any atom is -0.207 e. The van der Waals surface area contributed by atoms with Crippen molar-refractivity contribution in [3.05, 3.63) is 28.8 Å². The monoisotopic (exact) mass is 309 g/mol. The van der Waals surface area contributed by atoms with Crippen LogP contribution in [0.15, 0.2) is 17.0 Å². The summed E-state index contributed by atoms with van der Waals surface area (Å²) in [6, 6.07) is 4.00. The Hall–Kier alpha value is -0.870. The second kappa shape index (κ2) is 5.73. The van der Waals surface area contributed by atoms with Crippen molar-refractivity contribution < 1.29 is 8.42 Å². The fourth-order valence-corrected chi connectivity index (χ4v) is 4.61. The number of nitrogens with zero attached hydrogens (tertiary/aromatic N) is 1. The highest BCUT2D eigenvalue weighted by Crippen LogP contribution is 2.31. The number of sulfonamides is 1. The Balaban J connectivity index is 2.54. The van der Waals surface area contributed by atoms with Crippen LogP contribution in [-0.4, -0.2) is 25.8 Å². The summed E-state index contributed by atoms with van der Waals surface area (Å²) in [6.45, 7) is 11.6. The van der Waals surface area contributed by atoms with E-state index >= 15 is 0 Å². The van der Waals surface area contributed by atoms with Gasteiger partial charge in [-0.05, 0) is 54.9 Å². The Morgan fingerprint density at radius 3 is 2.10 bits per heavy atom. The van der Waals surface area contributed by atoms with Gasteiger partial charge in [0.1, 0.15) is 0 Å². The van der Waals surface area contributed by atoms with E-state index in [-0.39, 0.29) is 5.41 Å². The van der Waals surface area contributed by atoms with Crippen molar-refractivity contribution in [1.82, 2.24) is 4.31 Å². The van der Waals surface area contributed by atoms with E-state index in [1.807, 2.05) is 19.9 Å². The lowest BCUT2D eigenvalue weighted by molar-refractivity contribution is 0.346. The lowest BCUT2D eigenvalue weighted by Gasteiger charge is -2.28. The summed E-state index contributed by atoms with van der Waals surface area (Å²) in [5, 5.41) is 0. The maximum absolute atomic E-state index is 13.0. The van der Waals surface area contributed by atoms with Gasteiger partial charge in [-0.2, -0.15) is 4.31 Å². The Labute approximate surface area is 129 Å². The van der Waals surface area contributed by atoms with Crippen molar-refractivity contribution in [3.63, 3.8) is 0 Å². The molecule has 1 aromatic rings. The Morgan fingerprint density at radius 1 is 1.00 bits per heavy atom. The summed E-state index contributed by atoms with van der Waals surface area (Å²) in [6.07, 6.45) is 3.07. The van der Waals surface area contributed by atoms with E-state index in [4.69, 9.17) is 0 Å². The molecule has 1 saturated heterocycles. The molecule has 0 aliphatic carbocycles. The highest BCUT2D eigenvalue weighted by Gasteiger charge is 2.29. The van der Waals surface area contributed by atoms with E-state index in [2.05, 4.69) is 26.8 Å². The van der Waals surface area contributed by atoms with Gasteiger partial charge in [0.05, 0.1) is 4.90 Å². The highest BCUT2D eigenvalue weighted by atomic mass is 32.2. The first-order valence-electron chi connectivity index (χ1n) is 7.76. The zero-order chi connectivity index (χ0) is 15.8. The number of aryl methyl sites for hydroxylation is 1. The molecule has 0 N–H and O–H groups in total. The van der Waals surface area contributed by atoms with Crippen molar-refractivity contribution in [2.24, 2.45) is 0 Å². The molecule has 0 saturated carbocycles. The van der Waals surface area contributed by atoms with Crippen molar-refractivity contribution >= 4 is 10.0 Å². The van der Waals surface area contributed by atoms with Crippen molar-refractivity contribution in [2.75, 3.05) is 13.1 Å². The second-order valence-corrected chi connectivity index (χ2v) is 9.04. The summed E-state index contributed by atoms with van der Waals surface area (Å²) in [5.74, 6) is 0. The fourth-order valence-electron chi connectivity index (χ4n) is 2.77. The third-order valence-electron chi connectivity index (χ3n) is 4.42. The van der Waals surface area contributed by atoms with Crippen LogP contribution >= 0.6 is 0 Å². The lowest BCUT2D eigenvalue weighted by atomic mass is 9.85. The summed E-state index contributed by atoms with van der Waals surface area (Å²) in [4.78, 5) is 0.495. The zero-order valence-corrected chi connectivity index (χ0v) is 14.7. The van der Waals surface area contributed by atoms with Crippen LogP contribution in [0.25, 0.3) is 0 Å². The minimum absolute atomic E-state index is 0.0510. The topological polar surface area (TPSA) is 37.4 Å². The van der Waals surface area contributed by atoms with Crippen LogP contribution in [0.5, 0.6) is 0 Å². The molecular formula is C17H27NO2S. The van der Waals surface area contributed by atoms with E-state index in [0.717, 1.165) is 36.0 Å². The summed E-state index contributed by atoms with van der Waals surface area (Å²) in [7, 11) is -3.36. The van der Waals surface area contributed by atoms with E-state index in [9.17, 15) is 8.42 Å². The number of hydrogen-bond donors (Lipinski definition) is 0. The van der Waals surface area contributed by atoms with Crippen LogP contribution in [0.2, 0.25) is 0 Å². The largest absolute Gasteiger partial charge is 0.243 e. The normalized spacial score (nSPS) is 18.0. The number of benzene rings is 1. The molecule has 1 aromatic carbocycles. The summed E-state index contributed by atoms with van der Waals surface area (Å²) in [5.41, 5.74) is 2.97. The van der Waals surface area contributed by atoms with Gasteiger partial charge in [0.15, 0.2) is 0 Å². The molecule has 4 heteroatoms. The molecule has 1 heterocycles.